The van der Waals surface area contributed by atoms with E-state index in [4.69, 9.17) is 4.52 Å². The molecule has 4 atom stereocenters. The molecule has 2 saturated carbocycles. The van der Waals surface area contributed by atoms with Gasteiger partial charge in [-0.15, -0.1) is 0 Å². The van der Waals surface area contributed by atoms with E-state index in [2.05, 4.69) is 20.4 Å². The van der Waals surface area contributed by atoms with E-state index in [0.29, 0.717) is 30.1 Å². The molecule has 2 fully saturated rings. The minimum absolute atomic E-state index is 0.0356. The normalized spacial score (nSPS) is 25.9. The molecule has 2 bridgehead atoms. The number of fused-ring (bicyclic) bond motifs is 2. The van der Waals surface area contributed by atoms with Gasteiger partial charge in [0.25, 0.3) is 0 Å². The molecule has 5 rings (SSSR count). The zero-order chi connectivity index (χ0) is 18.9. The van der Waals surface area contributed by atoms with Gasteiger partial charge in [-0.2, -0.15) is 16.3 Å². The number of carbonyl (C=O) groups is 1. The summed E-state index contributed by atoms with van der Waals surface area (Å²) in [6.45, 7) is 0.598. The number of nitrogens with zero attached hydrogens (tertiary/aromatic N) is 3. The maximum absolute atomic E-state index is 13.0. The van der Waals surface area contributed by atoms with E-state index in [1.54, 1.807) is 17.5 Å². The van der Waals surface area contributed by atoms with Gasteiger partial charge in [0.2, 0.25) is 17.6 Å². The average molecular weight is 395 g/mol. The Labute approximate surface area is 167 Å². The summed E-state index contributed by atoms with van der Waals surface area (Å²) in [5.74, 6) is 2.20. The molecule has 3 heterocycles. The van der Waals surface area contributed by atoms with Crippen LogP contribution in [0.1, 0.15) is 36.8 Å². The van der Waals surface area contributed by atoms with Gasteiger partial charge < -0.3 is 9.84 Å². The lowest BCUT2D eigenvalue weighted by atomic mass is 9.78. The Morgan fingerprint density at radius 2 is 2.18 bits per heavy atom. The van der Waals surface area contributed by atoms with Crippen molar-refractivity contribution in [2.24, 2.45) is 17.8 Å². The Kier molecular flexibility index (Phi) is 4.68. The van der Waals surface area contributed by atoms with Crippen molar-refractivity contribution in [2.75, 3.05) is 6.54 Å². The van der Waals surface area contributed by atoms with E-state index in [1.807, 2.05) is 35.0 Å². The summed E-state index contributed by atoms with van der Waals surface area (Å²) >= 11 is 1.61. The van der Waals surface area contributed by atoms with Crippen molar-refractivity contribution in [1.29, 1.82) is 0 Å². The van der Waals surface area contributed by atoms with Crippen LogP contribution in [0.15, 0.2) is 45.7 Å². The lowest BCUT2D eigenvalue weighted by Crippen LogP contribution is -2.38. The number of hydrogen-bond acceptors (Lipinski definition) is 6. The first-order valence-electron chi connectivity index (χ1n) is 9.83. The molecular weight excluding hydrogens is 372 g/mol. The molecule has 0 saturated heterocycles. The van der Waals surface area contributed by atoms with E-state index in [1.165, 1.54) is 0 Å². The second-order valence-electron chi connectivity index (χ2n) is 7.72. The van der Waals surface area contributed by atoms with Crippen molar-refractivity contribution in [3.8, 4) is 11.4 Å². The van der Waals surface area contributed by atoms with Crippen LogP contribution in [0.5, 0.6) is 0 Å². The van der Waals surface area contributed by atoms with Crippen molar-refractivity contribution in [3.05, 3.63) is 52.8 Å². The topological polar surface area (TPSA) is 80.9 Å². The highest BCUT2D eigenvalue weighted by molar-refractivity contribution is 7.08. The van der Waals surface area contributed by atoms with Crippen LogP contribution >= 0.6 is 11.3 Å². The molecule has 28 heavy (non-hydrogen) atoms. The van der Waals surface area contributed by atoms with Gasteiger partial charge in [0, 0.05) is 35.8 Å². The van der Waals surface area contributed by atoms with Gasteiger partial charge in [-0.05, 0) is 54.7 Å². The van der Waals surface area contributed by atoms with E-state index in [9.17, 15) is 4.79 Å². The first kappa shape index (κ1) is 17.6. The second kappa shape index (κ2) is 7.47. The molecule has 0 aromatic carbocycles. The molecule has 2 aliphatic carbocycles. The van der Waals surface area contributed by atoms with Gasteiger partial charge in [-0.1, -0.05) is 11.2 Å². The number of rotatable bonds is 6. The van der Waals surface area contributed by atoms with Crippen molar-refractivity contribution in [3.63, 3.8) is 0 Å². The summed E-state index contributed by atoms with van der Waals surface area (Å²) in [7, 11) is 0. The maximum atomic E-state index is 13.0. The lowest BCUT2D eigenvalue weighted by molar-refractivity contribution is -0.127. The highest BCUT2D eigenvalue weighted by atomic mass is 32.1. The van der Waals surface area contributed by atoms with Gasteiger partial charge >= 0.3 is 0 Å². The van der Waals surface area contributed by atoms with Gasteiger partial charge in [0.15, 0.2) is 0 Å². The fraction of sp³-hybridized carbons (Fsp3) is 0.429. The third-order valence-electron chi connectivity index (χ3n) is 6.13. The minimum atomic E-state index is -0.0711. The zero-order valence-corrected chi connectivity index (χ0v) is 16.3. The predicted octanol–water partition coefficient (Wildman–Crippen LogP) is 3.68. The smallest absolute Gasteiger partial charge is 0.231 e. The Balaban J connectivity index is 1.29. The minimum Gasteiger partial charge on any atom is -0.355 e. The Bertz CT molecular complexity index is 940. The Morgan fingerprint density at radius 1 is 1.25 bits per heavy atom. The lowest BCUT2D eigenvalue weighted by Gasteiger charge is -2.27. The molecule has 1 N–H and O–H groups in total. The molecular formula is C21H22N4O2S. The van der Waals surface area contributed by atoms with Crippen LogP contribution in [-0.2, 0) is 11.2 Å². The molecule has 0 spiro atoms. The molecule has 0 radical (unpaired) electrons. The number of nitrogens with one attached hydrogen (secondary N) is 1. The number of aromatic nitrogens is 3. The van der Waals surface area contributed by atoms with Crippen molar-refractivity contribution in [1.82, 2.24) is 20.4 Å². The van der Waals surface area contributed by atoms with E-state index in [0.717, 1.165) is 36.9 Å². The fourth-order valence-electron chi connectivity index (χ4n) is 4.88. The molecule has 1 amide bonds. The van der Waals surface area contributed by atoms with Crippen molar-refractivity contribution < 1.29 is 9.32 Å². The number of pyridine rings is 1. The van der Waals surface area contributed by atoms with Crippen LogP contribution in [0, 0.1) is 17.8 Å². The van der Waals surface area contributed by atoms with Crippen LogP contribution in [0.3, 0.4) is 0 Å². The molecule has 0 aliphatic heterocycles. The van der Waals surface area contributed by atoms with E-state index in [-0.39, 0.29) is 17.7 Å². The first-order valence-corrected chi connectivity index (χ1v) is 10.8. The molecule has 0 unspecified atom stereocenters. The van der Waals surface area contributed by atoms with Crippen LogP contribution in [-0.4, -0.2) is 27.6 Å². The van der Waals surface area contributed by atoms with Crippen molar-refractivity contribution >= 4 is 17.2 Å². The van der Waals surface area contributed by atoms with Crippen molar-refractivity contribution in [2.45, 2.75) is 31.6 Å². The van der Waals surface area contributed by atoms with Crippen LogP contribution < -0.4 is 5.32 Å². The van der Waals surface area contributed by atoms with Crippen LogP contribution in [0.25, 0.3) is 11.4 Å². The molecule has 3 aromatic heterocycles. The number of thiophene rings is 1. The van der Waals surface area contributed by atoms with Gasteiger partial charge in [-0.3, -0.25) is 9.78 Å². The van der Waals surface area contributed by atoms with Gasteiger partial charge in [-0.25, -0.2) is 0 Å². The zero-order valence-electron chi connectivity index (χ0n) is 15.5. The van der Waals surface area contributed by atoms with Gasteiger partial charge in [0.1, 0.15) is 0 Å². The largest absolute Gasteiger partial charge is 0.355 e. The third-order valence-corrected chi connectivity index (χ3v) is 6.82. The first-order chi connectivity index (χ1) is 13.8. The highest BCUT2D eigenvalue weighted by Crippen LogP contribution is 2.56. The van der Waals surface area contributed by atoms with E-state index < -0.39 is 0 Å². The second-order valence-corrected chi connectivity index (χ2v) is 8.50. The molecule has 2 aliphatic rings. The van der Waals surface area contributed by atoms with Crippen LogP contribution in [0.2, 0.25) is 0 Å². The molecule has 144 valence electrons. The monoisotopic (exact) mass is 394 g/mol. The predicted molar refractivity (Wildman–Crippen MR) is 106 cm³/mol. The summed E-state index contributed by atoms with van der Waals surface area (Å²) in [6.07, 6.45) is 5.86. The summed E-state index contributed by atoms with van der Waals surface area (Å²) in [5, 5.41) is 11.3. The SMILES string of the molecule is O=C(NCCc1ccccn1)[C@H]1[C@H]2CC[C@H](C2)[C@@H]1c1nc(-c2ccsc2)no1. The summed E-state index contributed by atoms with van der Waals surface area (Å²) in [4.78, 5) is 22.0. The number of hydrogen-bond donors (Lipinski definition) is 1. The fourth-order valence-corrected chi connectivity index (χ4v) is 5.52. The molecule has 3 aromatic rings. The molecule has 7 heteroatoms. The molecule has 6 nitrogen and oxygen atoms in total. The number of carbonyl (C=O) groups excluding carboxylic acids is 1. The Hall–Kier alpha value is -2.54. The standard InChI is InChI=1S/C21H22N4O2S/c26-20(23-9-6-16-3-1-2-8-22-16)17-13-4-5-14(11-13)18(17)21-24-19(25-27-21)15-7-10-28-12-15/h1-3,7-8,10,12-14,17-18H,4-6,9,11H2,(H,23,26)/t13-,14+,17-,18-/m0/s1. The third kappa shape index (κ3) is 3.24. The maximum Gasteiger partial charge on any atom is 0.231 e. The quantitative estimate of drug-likeness (QED) is 0.690. The Morgan fingerprint density at radius 3 is 3.00 bits per heavy atom. The average Bonchev–Trinajstić information content (AvgIpc) is 3.52. The summed E-state index contributed by atoms with van der Waals surface area (Å²) in [6, 6.07) is 7.84. The van der Waals surface area contributed by atoms with Crippen LogP contribution in [0.4, 0.5) is 0 Å². The van der Waals surface area contributed by atoms with E-state index >= 15 is 0 Å². The van der Waals surface area contributed by atoms with Gasteiger partial charge in [0.05, 0.1) is 11.8 Å². The summed E-state index contributed by atoms with van der Waals surface area (Å²) in [5.41, 5.74) is 1.96. The summed E-state index contributed by atoms with van der Waals surface area (Å²) < 4.78 is 5.63. The number of amides is 1. The highest BCUT2D eigenvalue weighted by Gasteiger charge is 2.53.